The average Bonchev–Trinajstić information content (AvgIpc) is 2.48. The molecule has 200 valence electrons. The first-order valence-electron chi connectivity index (χ1n) is 6.78. The summed E-state index contributed by atoms with van der Waals surface area (Å²) in [6, 6.07) is 0. The van der Waals surface area contributed by atoms with E-state index in [0.29, 0.717) is 0 Å². The highest BCUT2D eigenvalue weighted by molar-refractivity contribution is 8.06. The first-order valence-corrected chi connectivity index (χ1v) is 12.5. The molecule has 0 amide bonds. The van der Waals surface area contributed by atoms with Crippen molar-refractivity contribution in [1.29, 1.82) is 0 Å². The van der Waals surface area contributed by atoms with E-state index < -0.39 is 82.1 Å². The zero-order chi connectivity index (χ0) is 27.4. The molecule has 0 saturated carbocycles. The van der Waals surface area contributed by atoms with Crippen LogP contribution in [0.4, 0.5) is 52.7 Å². The average molecular weight is 602 g/mol. The van der Waals surface area contributed by atoms with Crippen molar-refractivity contribution in [3.63, 3.8) is 0 Å². The summed E-state index contributed by atoms with van der Waals surface area (Å²) < 4.78 is 239. The van der Waals surface area contributed by atoms with E-state index in [2.05, 4.69) is 0 Å². The van der Waals surface area contributed by atoms with Gasteiger partial charge in [0.25, 0.3) is 0 Å². The van der Waals surface area contributed by atoms with Gasteiger partial charge in [0.15, 0.2) is 0 Å². The van der Waals surface area contributed by atoms with Crippen molar-refractivity contribution in [2.45, 2.75) is 41.5 Å². The van der Waals surface area contributed by atoms with Gasteiger partial charge in [0, 0.05) is 0 Å². The van der Waals surface area contributed by atoms with Crippen LogP contribution >= 0.6 is 0 Å². The lowest BCUT2D eigenvalue weighted by molar-refractivity contribution is -0.0602. The van der Waals surface area contributed by atoms with E-state index in [4.69, 9.17) is 0 Å². The topological polar surface area (TPSA) is 143 Å². The summed E-state index contributed by atoms with van der Waals surface area (Å²) >= 11 is 0. The summed E-state index contributed by atoms with van der Waals surface area (Å²) in [5.74, 6) is 0. The van der Waals surface area contributed by atoms with Crippen LogP contribution in [0, 0.1) is 0 Å². The SMILES string of the molecule is CCC(N(S(=O)(=O)C(F)(F)F)S(=O)(=O)C(F)(F)F)N(S(=O)(=O)C(F)(F)F)S(=O)(=O)C(F)(F)F. The first kappa shape index (κ1) is 31.9. The van der Waals surface area contributed by atoms with Gasteiger partial charge in [-0.2, -0.15) is 52.7 Å². The quantitative estimate of drug-likeness (QED) is 0.317. The molecule has 0 aliphatic heterocycles. The summed E-state index contributed by atoms with van der Waals surface area (Å²) in [6.45, 7) is -0.125. The molecule has 0 aliphatic carbocycles. The van der Waals surface area contributed by atoms with Gasteiger partial charge < -0.3 is 0 Å². The Hall–Kier alpha value is -1.12. The normalized spacial score (nSPS) is 16.1. The van der Waals surface area contributed by atoms with Gasteiger partial charge in [0.1, 0.15) is 6.17 Å². The Morgan fingerprint density at radius 2 is 0.636 bits per heavy atom. The van der Waals surface area contributed by atoms with Crippen molar-refractivity contribution in [3.05, 3.63) is 0 Å². The van der Waals surface area contributed by atoms with Gasteiger partial charge in [0.2, 0.25) is 0 Å². The Kier molecular flexibility index (Phi) is 8.23. The van der Waals surface area contributed by atoms with Crippen LogP contribution in [-0.4, -0.2) is 69.3 Å². The summed E-state index contributed by atoms with van der Waals surface area (Å²) in [4.78, 5) is 0. The van der Waals surface area contributed by atoms with Gasteiger partial charge in [-0.3, -0.25) is 0 Å². The Morgan fingerprint density at radius 3 is 0.727 bits per heavy atom. The summed E-state index contributed by atoms with van der Waals surface area (Å²) in [5.41, 5.74) is -29.0. The first-order chi connectivity index (χ1) is 13.9. The lowest BCUT2D eigenvalue weighted by Crippen LogP contribution is -2.63. The number of alkyl halides is 12. The second-order valence-corrected chi connectivity index (χ2v) is 12.8. The summed E-state index contributed by atoms with van der Waals surface area (Å²) in [7, 11) is -32.9. The van der Waals surface area contributed by atoms with Crippen LogP contribution in [0.25, 0.3) is 0 Å². The van der Waals surface area contributed by atoms with Crippen LogP contribution in [0.3, 0.4) is 0 Å². The molecular formula is C7H6F12N2O8S4. The van der Waals surface area contributed by atoms with E-state index >= 15 is 0 Å². The van der Waals surface area contributed by atoms with Crippen LogP contribution in [0.5, 0.6) is 0 Å². The van der Waals surface area contributed by atoms with Crippen LogP contribution in [-0.2, 0) is 40.1 Å². The highest BCUT2D eigenvalue weighted by Crippen LogP contribution is 2.43. The number of sulfonamides is 4. The van der Waals surface area contributed by atoms with Crippen molar-refractivity contribution >= 4 is 40.1 Å². The monoisotopic (exact) mass is 602 g/mol. The van der Waals surface area contributed by atoms with Crippen LogP contribution in [0.15, 0.2) is 0 Å². The van der Waals surface area contributed by atoms with Gasteiger partial charge in [0.05, 0.1) is 0 Å². The zero-order valence-corrected chi connectivity index (χ0v) is 17.9. The van der Waals surface area contributed by atoms with Gasteiger partial charge in [-0.15, -0.1) is 0 Å². The van der Waals surface area contributed by atoms with E-state index in [0.717, 1.165) is 0 Å². The predicted molar refractivity (Wildman–Crippen MR) is 77.7 cm³/mol. The molecule has 0 spiro atoms. The molecule has 26 heteroatoms. The van der Waals surface area contributed by atoms with E-state index in [1.54, 1.807) is 0 Å². The molecule has 0 aromatic carbocycles. The molecule has 0 aliphatic rings. The molecule has 0 aromatic rings. The minimum Gasteiger partial charge on any atom is -0.202 e. The zero-order valence-electron chi connectivity index (χ0n) is 14.6. The third kappa shape index (κ3) is 5.43. The van der Waals surface area contributed by atoms with Crippen molar-refractivity contribution in [3.8, 4) is 0 Å². The van der Waals surface area contributed by atoms with Gasteiger partial charge in [-0.05, 0) is 6.42 Å². The van der Waals surface area contributed by atoms with Gasteiger partial charge >= 0.3 is 62.1 Å². The van der Waals surface area contributed by atoms with Crippen molar-refractivity contribution in [2.24, 2.45) is 0 Å². The number of rotatable bonds is 7. The van der Waals surface area contributed by atoms with Crippen molar-refractivity contribution < 1.29 is 86.4 Å². The maximum absolute atomic E-state index is 12.8. The van der Waals surface area contributed by atoms with Gasteiger partial charge in [-0.25, -0.2) is 33.7 Å². The minimum atomic E-state index is -8.23. The Balaban J connectivity index is 8.01. The largest absolute Gasteiger partial charge is 0.512 e. The summed E-state index contributed by atoms with van der Waals surface area (Å²) in [6.07, 6.45) is -7.38. The maximum Gasteiger partial charge on any atom is 0.512 e. The number of hydrogen-bond donors (Lipinski definition) is 0. The molecule has 0 rings (SSSR count). The van der Waals surface area contributed by atoms with E-state index in [1.165, 1.54) is 0 Å². The predicted octanol–water partition coefficient (Wildman–Crippen LogP) is 1.72. The lowest BCUT2D eigenvalue weighted by atomic mass is 10.4. The molecule has 0 unspecified atom stereocenters. The molecule has 33 heavy (non-hydrogen) atoms. The number of nitrogens with zero attached hydrogens (tertiary/aromatic N) is 2. The smallest absolute Gasteiger partial charge is 0.202 e. The molecule has 0 atom stereocenters. The van der Waals surface area contributed by atoms with Crippen LogP contribution in [0.2, 0.25) is 0 Å². The third-order valence-corrected chi connectivity index (χ3v) is 10.5. The molecule has 0 aromatic heterocycles. The molecule has 0 bridgehead atoms. The molecule has 0 heterocycles. The van der Waals surface area contributed by atoms with E-state index in [9.17, 15) is 86.4 Å². The number of halogens is 12. The van der Waals surface area contributed by atoms with E-state index in [-0.39, 0.29) is 6.92 Å². The highest BCUT2D eigenvalue weighted by Gasteiger charge is 2.70. The maximum atomic E-state index is 12.8. The molecule has 10 nitrogen and oxygen atoms in total. The Labute approximate surface area is 175 Å². The molecular weight excluding hydrogens is 596 g/mol. The minimum absolute atomic E-state index is 0.125. The third-order valence-electron chi connectivity index (χ3n) is 2.97. The van der Waals surface area contributed by atoms with Crippen LogP contribution in [0.1, 0.15) is 13.3 Å². The van der Waals surface area contributed by atoms with E-state index in [1.807, 2.05) is 0 Å². The fraction of sp³-hybridized carbons (Fsp3) is 1.00. The van der Waals surface area contributed by atoms with Crippen molar-refractivity contribution in [1.82, 2.24) is 7.42 Å². The summed E-state index contributed by atoms with van der Waals surface area (Å²) in [5, 5.41) is 0. The standard InChI is InChI=1S/C7H6F12N2O8S4/c1-2-3(20(30(22,23)4(8,9)10)31(24,25)5(11,12)13)21(32(26,27)6(14,15)16)33(28,29)7(17,18)19/h3H,2H2,1H3. The van der Waals surface area contributed by atoms with Crippen molar-refractivity contribution in [2.75, 3.05) is 0 Å². The van der Waals surface area contributed by atoms with Gasteiger partial charge in [-0.1, -0.05) is 14.3 Å². The highest BCUT2D eigenvalue weighted by atomic mass is 32.3. The molecule has 0 saturated heterocycles. The Morgan fingerprint density at radius 1 is 0.485 bits per heavy atom. The second-order valence-electron chi connectivity index (χ2n) is 5.14. The van der Waals surface area contributed by atoms with Crippen LogP contribution < -0.4 is 0 Å². The molecule has 0 fully saturated rings. The fourth-order valence-electron chi connectivity index (χ4n) is 1.68. The lowest BCUT2D eigenvalue weighted by Gasteiger charge is -2.36. The second kappa shape index (κ2) is 8.52. The Bertz CT molecular complexity index is 980. The molecule has 0 radical (unpaired) electrons. The fourth-order valence-corrected chi connectivity index (χ4v) is 8.07. The number of hydrogen-bond acceptors (Lipinski definition) is 8. The molecule has 0 N–H and O–H groups in total.